The minimum atomic E-state index is -1.29. The quantitative estimate of drug-likeness (QED) is 0.325. The minimum Gasteiger partial charge on any atom is -0.467 e. The summed E-state index contributed by atoms with van der Waals surface area (Å²) in [6, 6.07) is 6.27. The second kappa shape index (κ2) is 13.5. The number of ether oxygens (including phenoxy) is 1. The zero-order valence-electron chi connectivity index (χ0n) is 22.1. The monoisotopic (exact) mass is 502 g/mol. The highest BCUT2D eigenvalue weighted by Crippen LogP contribution is 2.20. The summed E-state index contributed by atoms with van der Waals surface area (Å²) in [5.74, 6) is -3.73. The summed E-state index contributed by atoms with van der Waals surface area (Å²) < 4.78 is 4.91. The van der Waals surface area contributed by atoms with Gasteiger partial charge in [0.15, 0.2) is 0 Å². The summed E-state index contributed by atoms with van der Waals surface area (Å²) in [6.07, 6.45) is 1.53. The molecule has 0 radical (unpaired) electrons. The van der Waals surface area contributed by atoms with Crippen LogP contribution in [-0.2, 0) is 28.7 Å². The van der Waals surface area contributed by atoms with Gasteiger partial charge in [-0.3, -0.25) is 24.1 Å². The highest BCUT2D eigenvalue weighted by Gasteiger charge is 2.40. The van der Waals surface area contributed by atoms with Crippen LogP contribution in [0.25, 0.3) is 6.08 Å². The standard InChI is InChI=1S/C26H38N4O6/c1-16(2)13-20(24(34)36-7)30(22(32)17(3)28-21(31)15-27)23(33)19(29-25(35)26(4,5)6)14-18-11-9-8-10-12-18/h8-12,14,16-17,20H,13,15,27H2,1-7H3,(H,28,31)(H,29,35)/b19-14-/t17-,20-/m1/s1. The Morgan fingerprint density at radius 2 is 1.64 bits per heavy atom. The summed E-state index contributed by atoms with van der Waals surface area (Å²) in [5, 5.41) is 5.03. The first-order valence-electron chi connectivity index (χ1n) is 11.8. The third-order valence-corrected chi connectivity index (χ3v) is 5.14. The third kappa shape index (κ3) is 8.92. The average molecular weight is 503 g/mol. The lowest BCUT2D eigenvalue weighted by atomic mass is 9.95. The molecule has 0 fully saturated rings. The van der Waals surface area contributed by atoms with Gasteiger partial charge in [0.05, 0.1) is 13.7 Å². The zero-order valence-corrected chi connectivity index (χ0v) is 22.1. The van der Waals surface area contributed by atoms with E-state index in [2.05, 4.69) is 10.6 Å². The van der Waals surface area contributed by atoms with Gasteiger partial charge in [-0.2, -0.15) is 0 Å². The Hall–Kier alpha value is -3.53. The molecule has 0 aromatic heterocycles. The van der Waals surface area contributed by atoms with Crippen molar-refractivity contribution in [2.75, 3.05) is 13.7 Å². The van der Waals surface area contributed by atoms with Crippen molar-refractivity contribution in [3.05, 3.63) is 41.6 Å². The van der Waals surface area contributed by atoms with Crippen LogP contribution in [0.2, 0.25) is 0 Å². The van der Waals surface area contributed by atoms with E-state index in [0.29, 0.717) is 5.56 Å². The number of methoxy groups -OCH3 is 1. The highest BCUT2D eigenvalue weighted by molar-refractivity contribution is 6.12. The first kappa shape index (κ1) is 30.5. The molecule has 0 saturated carbocycles. The summed E-state index contributed by atoms with van der Waals surface area (Å²) in [7, 11) is 1.16. The van der Waals surface area contributed by atoms with E-state index in [1.54, 1.807) is 51.1 Å². The molecule has 2 atom stereocenters. The van der Waals surface area contributed by atoms with E-state index in [4.69, 9.17) is 10.5 Å². The predicted octanol–water partition coefficient (Wildman–Crippen LogP) is 1.60. The van der Waals surface area contributed by atoms with Gasteiger partial charge in [-0.05, 0) is 30.9 Å². The maximum Gasteiger partial charge on any atom is 0.329 e. The third-order valence-electron chi connectivity index (χ3n) is 5.14. The van der Waals surface area contributed by atoms with Crippen molar-refractivity contribution in [3.63, 3.8) is 0 Å². The van der Waals surface area contributed by atoms with Gasteiger partial charge in [0.1, 0.15) is 17.8 Å². The van der Waals surface area contributed by atoms with Crippen LogP contribution in [0.1, 0.15) is 53.5 Å². The van der Waals surface area contributed by atoms with Crippen molar-refractivity contribution in [2.24, 2.45) is 17.1 Å². The smallest absolute Gasteiger partial charge is 0.329 e. The Labute approximate surface area is 212 Å². The summed E-state index contributed by atoms with van der Waals surface area (Å²) >= 11 is 0. The van der Waals surface area contributed by atoms with Gasteiger partial charge in [0.2, 0.25) is 11.8 Å². The lowest BCUT2D eigenvalue weighted by Crippen LogP contribution is -2.57. The molecule has 0 spiro atoms. The molecule has 0 aliphatic carbocycles. The first-order chi connectivity index (χ1) is 16.7. The molecule has 4 amide bonds. The second-order valence-electron chi connectivity index (χ2n) is 9.85. The Balaban J connectivity index is 3.69. The molecule has 36 heavy (non-hydrogen) atoms. The van der Waals surface area contributed by atoms with Crippen LogP contribution in [0.5, 0.6) is 0 Å². The molecule has 1 aromatic rings. The molecular weight excluding hydrogens is 464 g/mol. The lowest BCUT2D eigenvalue weighted by Gasteiger charge is -2.32. The highest BCUT2D eigenvalue weighted by atomic mass is 16.5. The topological polar surface area (TPSA) is 148 Å². The van der Waals surface area contributed by atoms with Crippen LogP contribution in [0.4, 0.5) is 0 Å². The second-order valence-corrected chi connectivity index (χ2v) is 9.85. The van der Waals surface area contributed by atoms with Gasteiger partial charge >= 0.3 is 5.97 Å². The minimum absolute atomic E-state index is 0.100. The van der Waals surface area contributed by atoms with Crippen LogP contribution in [0.15, 0.2) is 36.0 Å². The number of amides is 4. The number of esters is 1. The molecular formula is C26H38N4O6. The SMILES string of the molecule is COC(=O)[C@@H](CC(C)C)N(C(=O)/C(=C/c1ccccc1)NC(=O)C(C)(C)C)C(=O)[C@@H](C)NC(=O)CN. The van der Waals surface area contributed by atoms with Gasteiger partial charge in [-0.1, -0.05) is 65.0 Å². The van der Waals surface area contributed by atoms with E-state index in [1.807, 2.05) is 13.8 Å². The fourth-order valence-electron chi connectivity index (χ4n) is 3.16. The van der Waals surface area contributed by atoms with Crippen molar-refractivity contribution in [3.8, 4) is 0 Å². The van der Waals surface area contributed by atoms with Gasteiger partial charge in [-0.25, -0.2) is 4.79 Å². The number of imide groups is 1. The normalized spacial score (nSPS) is 13.4. The van der Waals surface area contributed by atoms with Crippen molar-refractivity contribution in [1.82, 2.24) is 15.5 Å². The van der Waals surface area contributed by atoms with E-state index in [1.165, 1.54) is 13.0 Å². The number of nitrogens with one attached hydrogen (secondary N) is 2. The van der Waals surface area contributed by atoms with E-state index < -0.39 is 47.1 Å². The molecule has 10 heteroatoms. The number of hydrogen-bond acceptors (Lipinski definition) is 7. The molecule has 1 rings (SSSR count). The van der Waals surface area contributed by atoms with Crippen LogP contribution in [0, 0.1) is 11.3 Å². The molecule has 198 valence electrons. The number of benzene rings is 1. The number of hydrogen-bond donors (Lipinski definition) is 3. The van der Waals surface area contributed by atoms with Crippen LogP contribution < -0.4 is 16.4 Å². The number of carbonyl (C=O) groups excluding carboxylic acids is 5. The number of nitrogens with zero attached hydrogens (tertiary/aromatic N) is 1. The number of nitrogens with two attached hydrogens (primary N) is 1. The van der Waals surface area contributed by atoms with Crippen molar-refractivity contribution in [1.29, 1.82) is 0 Å². The van der Waals surface area contributed by atoms with E-state index in [9.17, 15) is 24.0 Å². The first-order valence-corrected chi connectivity index (χ1v) is 11.8. The molecule has 0 unspecified atom stereocenters. The maximum absolute atomic E-state index is 13.9. The molecule has 0 aliphatic rings. The fourth-order valence-corrected chi connectivity index (χ4v) is 3.16. The predicted molar refractivity (Wildman–Crippen MR) is 136 cm³/mol. The summed E-state index contributed by atoms with van der Waals surface area (Å²) in [4.78, 5) is 65.7. The molecule has 10 nitrogen and oxygen atoms in total. The van der Waals surface area contributed by atoms with E-state index >= 15 is 0 Å². The fraction of sp³-hybridized carbons (Fsp3) is 0.500. The molecule has 0 saturated heterocycles. The zero-order chi connectivity index (χ0) is 27.6. The summed E-state index contributed by atoms with van der Waals surface area (Å²) in [6.45, 7) is 9.70. The van der Waals surface area contributed by atoms with E-state index in [-0.39, 0.29) is 24.6 Å². The van der Waals surface area contributed by atoms with E-state index in [0.717, 1.165) is 12.0 Å². The Morgan fingerprint density at radius 3 is 2.11 bits per heavy atom. The van der Waals surface area contributed by atoms with Gasteiger partial charge < -0.3 is 21.1 Å². The molecule has 4 N–H and O–H groups in total. The Kier molecular flexibility index (Phi) is 11.5. The van der Waals surface area contributed by atoms with Gasteiger partial charge in [0.25, 0.3) is 11.8 Å². The summed E-state index contributed by atoms with van der Waals surface area (Å²) in [5.41, 5.74) is 4.88. The Morgan fingerprint density at radius 1 is 1.06 bits per heavy atom. The molecule has 0 bridgehead atoms. The molecule has 0 aliphatic heterocycles. The van der Waals surface area contributed by atoms with Crippen molar-refractivity contribution < 1.29 is 28.7 Å². The Bertz CT molecular complexity index is 982. The van der Waals surface area contributed by atoms with Crippen molar-refractivity contribution in [2.45, 2.75) is 60.0 Å². The lowest BCUT2D eigenvalue weighted by molar-refractivity contribution is -0.160. The van der Waals surface area contributed by atoms with Gasteiger partial charge in [0, 0.05) is 5.41 Å². The number of carbonyl (C=O) groups is 5. The van der Waals surface area contributed by atoms with Crippen molar-refractivity contribution >= 4 is 35.7 Å². The molecule has 1 aromatic carbocycles. The largest absolute Gasteiger partial charge is 0.467 e. The van der Waals surface area contributed by atoms with Crippen LogP contribution in [0.3, 0.4) is 0 Å². The maximum atomic E-state index is 13.9. The van der Waals surface area contributed by atoms with Crippen LogP contribution in [-0.4, -0.2) is 60.2 Å². The molecule has 0 heterocycles. The number of rotatable bonds is 10. The van der Waals surface area contributed by atoms with Gasteiger partial charge in [-0.15, -0.1) is 0 Å². The van der Waals surface area contributed by atoms with Crippen LogP contribution >= 0.6 is 0 Å². The average Bonchev–Trinajstić information content (AvgIpc) is 2.81.